The number of ether oxygens (including phenoxy) is 5. The fourth-order valence-corrected chi connectivity index (χ4v) is 5.00. The van der Waals surface area contributed by atoms with Gasteiger partial charge in [-0.25, -0.2) is 14.8 Å². The first-order valence-corrected chi connectivity index (χ1v) is 14.3. The van der Waals surface area contributed by atoms with Crippen molar-refractivity contribution in [3.63, 3.8) is 0 Å². The molecule has 0 atom stereocenters. The SMILES string of the molecule is COc1cc2c(Nc3c(Cl)cc(C#CCN(C)C(=O)N(C)C)c4c3OCO4)ncnc2cc1OCCCN1CCOCC1. The number of nitrogens with one attached hydrogen (secondary N) is 1. The zero-order chi connectivity index (χ0) is 30.3. The predicted molar refractivity (Wildman–Crippen MR) is 163 cm³/mol. The third-order valence-electron chi connectivity index (χ3n) is 6.99. The number of fused-ring (bicyclic) bond motifs is 2. The Labute approximate surface area is 255 Å². The van der Waals surface area contributed by atoms with Crippen LogP contribution in [-0.2, 0) is 4.74 Å². The smallest absolute Gasteiger partial charge is 0.320 e. The average molecular weight is 611 g/mol. The monoisotopic (exact) mass is 610 g/mol. The van der Waals surface area contributed by atoms with Crippen molar-refractivity contribution in [1.82, 2.24) is 24.7 Å². The Morgan fingerprint density at radius 3 is 2.67 bits per heavy atom. The molecule has 2 aromatic carbocycles. The molecule has 0 bridgehead atoms. The Kier molecular flexibility index (Phi) is 9.76. The largest absolute Gasteiger partial charge is 0.493 e. The molecule has 0 aliphatic carbocycles. The van der Waals surface area contributed by atoms with Crippen molar-refractivity contribution in [2.24, 2.45) is 0 Å². The van der Waals surface area contributed by atoms with Gasteiger partial charge in [0.1, 0.15) is 17.8 Å². The molecule has 13 heteroatoms. The lowest BCUT2D eigenvalue weighted by Crippen LogP contribution is -2.37. The number of hydrogen-bond donors (Lipinski definition) is 1. The fourth-order valence-electron chi connectivity index (χ4n) is 4.76. The molecule has 12 nitrogen and oxygen atoms in total. The van der Waals surface area contributed by atoms with E-state index in [1.165, 1.54) is 16.1 Å². The molecule has 0 spiro atoms. The summed E-state index contributed by atoms with van der Waals surface area (Å²) in [6, 6.07) is 5.24. The third kappa shape index (κ3) is 7.07. The van der Waals surface area contributed by atoms with Crippen LogP contribution in [0.2, 0.25) is 5.02 Å². The molecule has 0 unspecified atom stereocenters. The van der Waals surface area contributed by atoms with Gasteiger partial charge in [0, 0.05) is 52.2 Å². The maximum absolute atomic E-state index is 12.1. The number of anilines is 2. The number of carbonyl (C=O) groups is 1. The van der Waals surface area contributed by atoms with E-state index in [1.807, 2.05) is 12.1 Å². The van der Waals surface area contributed by atoms with E-state index < -0.39 is 0 Å². The zero-order valence-electron chi connectivity index (χ0n) is 24.7. The van der Waals surface area contributed by atoms with E-state index in [2.05, 4.69) is 32.0 Å². The van der Waals surface area contributed by atoms with E-state index in [1.54, 1.807) is 34.3 Å². The molecular weight excluding hydrogens is 576 g/mol. The van der Waals surface area contributed by atoms with Crippen LogP contribution in [0.1, 0.15) is 12.0 Å². The summed E-state index contributed by atoms with van der Waals surface area (Å²) in [5.74, 6) is 8.61. The lowest BCUT2D eigenvalue weighted by Gasteiger charge is -2.26. The molecule has 3 aromatic rings. The molecule has 2 aliphatic heterocycles. The molecule has 0 radical (unpaired) electrons. The van der Waals surface area contributed by atoms with E-state index in [0.29, 0.717) is 62.6 Å². The number of aromatic nitrogens is 2. The van der Waals surface area contributed by atoms with E-state index in [4.69, 9.17) is 35.3 Å². The van der Waals surface area contributed by atoms with E-state index in [-0.39, 0.29) is 19.4 Å². The molecule has 228 valence electrons. The van der Waals surface area contributed by atoms with Crippen molar-refractivity contribution in [3.05, 3.63) is 35.1 Å². The molecule has 1 aromatic heterocycles. The quantitative estimate of drug-likeness (QED) is 0.283. The van der Waals surface area contributed by atoms with Crippen LogP contribution < -0.4 is 24.3 Å². The number of hydrogen-bond acceptors (Lipinski definition) is 10. The maximum Gasteiger partial charge on any atom is 0.320 e. The first-order chi connectivity index (χ1) is 20.9. The molecule has 0 saturated carbocycles. The van der Waals surface area contributed by atoms with Gasteiger partial charge in [-0.1, -0.05) is 23.4 Å². The Morgan fingerprint density at radius 2 is 1.91 bits per heavy atom. The topological polar surface area (TPSA) is 111 Å². The van der Waals surface area contributed by atoms with Gasteiger partial charge in [0.2, 0.25) is 6.79 Å². The van der Waals surface area contributed by atoms with Gasteiger partial charge in [-0.15, -0.1) is 0 Å². The minimum atomic E-state index is -0.145. The predicted octanol–water partition coefficient (Wildman–Crippen LogP) is 3.83. The summed E-state index contributed by atoms with van der Waals surface area (Å²) >= 11 is 6.72. The van der Waals surface area contributed by atoms with Crippen LogP contribution in [0.4, 0.5) is 16.3 Å². The van der Waals surface area contributed by atoms with Crippen LogP contribution in [0.15, 0.2) is 24.5 Å². The van der Waals surface area contributed by atoms with Crippen LogP contribution in [-0.4, -0.2) is 112 Å². The standard InChI is InChI=1S/C30H35ClN6O6/c1-35(2)30(38)36(3)8-5-7-20-15-22(31)26(28-27(20)42-19-43-28)34-29-21-16-24(39-4)25(17-23(21)32-18-33-29)41-12-6-9-37-10-13-40-14-11-37/h15-18H,6,8-14,19H2,1-4H3,(H,32,33,34). The summed E-state index contributed by atoms with van der Waals surface area (Å²) in [5, 5.41) is 4.37. The van der Waals surface area contributed by atoms with E-state index >= 15 is 0 Å². The van der Waals surface area contributed by atoms with Crippen LogP contribution in [0.3, 0.4) is 0 Å². The van der Waals surface area contributed by atoms with Crippen molar-refractivity contribution in [1.29, 1.82) is 0 Å². The summed E-state index contributed by atoms with van der Waals surface area (Å²) in [6.45, 7) is 5.20. The fraction of sp³-hybridized carbons (Fsp3) is 0.433. The zero-order valence-corrected chi connectivity index (χ0v) is 25.5. The Bertz CT molecular complexity index is 1540. The highest BCUT2D eigenvalue weighted by atomic mass is 35.5. The van der Waals surface area contributed by atoms with Gasteiger partial charge in [0.15, 0.2) is 23.0 Å². The van der Waals surface area contributed by atoms with Crippen LogP contribution in [0.25, 0.3) is 10.9 Å². The number of benzene rings is 2. The number of nitrogens with zero attached hydrogens (tertiary/aromatic N) is 5. The number of morpholine rings is 1. The number of carbonyl (C=O) groups excluding carboxylic acids is 1. The summed E-state index contributed by atoms with van der Waals surface area (Å²) in [4.78, 5) is 26.4. The summed E-state index contributed by atoms with van der Waals surface area (Å²) in [6.07, 6.45) is 2.35. The van der Waals surface area contributed by atoms with Gasteiger partial charge in [-0.05, 0) is 18.6 Å². The number of halogens is 1. The summed E-state index contributed by atoms with van der Waals surface area (Å²) in [5.41, 5.74) is 1.71. The number of urea groups is 1. The van der Waals surface area contributed by atoms with Crippen LogP contribution in [0.5, 0.6) is 23.0 Å². The molecule has 3 heterocycles. The number of methoxy groups -OCH3 is 1. The molecule has 2 aliphatic rings. The number of amides is 2. The van der Waals surface area contributed by atoms with Crippen molar-refractivity contribution >= 4 is 40.0 Å². The van der Waals surface area contributed by atoms with Crippen molar-refractivity contribution in [2.75, 3.05) is 86.4 Å². The van der Waals surface area contributed by atoms with E-state index in [0.717, 1.165) is 39.3 Å². The number of rotatable bonds is 9. The van der Waals surface area contributed by atoms with Crippen molar-refractivity contribution < 1.29 is 28.5 Å². The second-order valence-electron chi connectivity index (χ2n) is 10.2. The Morgan fingerprint density at radius 1 is 1.12 bits per heavy atom. The lowest BCUT2D eigenvalue weighted by atomic mass is 10.1. The second kappa shape index (κ2) is 13.9. The van der Waals surface area contributed by atoms with E-state index in [9.17, 15) is 4.79 Å². The highest BCUT2D eigenvalue weighted by Gasteiger charge is 2.26. The normalized spacial score (nSPS) is 14.2. The first kappa shape index (κ1) is 30.3. The average Bonchev–Trinajstić information content (AvgIpc) is 3.51. The van der Waals surface area contributed by atoms with Gasteiger partial charge in [0.25, 0.3) is 0 Å². The first-order valence-electron chi connectivity index (χ1n) is 13.9. The van der Waals surface area contributed by atoms with Crippen LogP contribution in [0, 0.1) is 11.8 Å². The Balaban J connectivity index is 1.34. The van der Waals surface area contributed by atoms with Gasteiger partial charge in [0.05, 0.1) is 49.6 Å². The lowest BCUT2D eigenvalue weighted by molar-refractivity contribution is 0.0357. The van der Waals surface area contributed by atoms with Gasteiger partial charge in [-0.3, -0.25) is 4.90 Å². The Hall–Kier alpha value is -4.18. The summed E-state index contributed by atoms with van der Waals surface area (Å²) in [7, 11) is 6.66. The molecule has 1 fully saturated rings. The molecule has 1 N–H and O–H groups in total. The van der Waals surface area contributed by atoms with Crippen molar-refractivity contribution in [2.45, 2.75) is 6.42 Å². The van der Waals surface area contributed by atoms with Crippen molar-refractivity contribution in [3.8, 4) is 34.8 Å². The second-order valence-corrected chi connectivity index (χ2v) is 10.6. The van der Waals surface area contributed by atoms with Gasteiger partial charge in [-0.2, -0.15) is 0 Å². The third-order valence-corrected chi connectivity index (χ3v) is 7.28. The molecule has 5 rings (SSSR count). The molecular formula is C30H35ClN6O6. The van der Waals surface area contributed by atoms with Crippen LogP contribution >= 0.6 is 11.6 Å². The highest BCUT2D eigenvalue weighted by Crippen LogP contribution is 2.47. The molecule has 1 saturated heterocycles. The maximum atomic E-state index is 12.1. The van der Waals surface area contributed by atoms with Gasteiger partial charge < -0.3 is 38.8 Å². The molecule has 2 amide bonds. The molecule has 43 heavy (non-hydrogen) atoms. The highest BCUT2D eigenvalue weighted by molar-refractivity contribution is 6.34. The summed E-state index contributed by atoms with van der Waals surface area (Å²) < 4.78 is 28.7. The minimum Gasteiger partial charge on any atom is -0.493 e. The minimum absolute atomic E-state index is 0.0165. The van der Waals surface area contributed by atoms with Gasteiger partial charge >= 0.3 is 6.03 Å².